The topological polar surface area (TPSA) is 54.0 Å². The maximum Gasteiger partial charge on any atom is 0.323 e. The Morgan fingerprint density at radius 2 is 1.95 bits per heavy atom. The first kappa shape index (κ1) is 14.4. The largest absolute Gasteiger partial charge is 0.323 e. The van der Waals surface area contributed by atoms with Crippen LogP contribution in [0.25, 0.3) is 6.08 Å². The lowest BCUT2D eigenvalue weighted by atomic mass is 10.2. The smallest absolute Gasteiger partial charge is 0.314 e. The average Bonchev–Trinajstić information content (AvgIpc) is 2.43. The van der Waals surface area contributed by atoms with Gasteiger partial charge in [0, 0.05) is 17.4 Å². The van der Waals surface area contributed by atoms with Gasteiger partial charge in [0.2, 0.25) is 0 Å². The van der Waals surface area contributed by atoms with E-state index < -0.39 is 6.03 Å². The summed E-state index contributed by atoms with van der Waals surface area (Å²) in [7, 11) is 0. The number of nitrogens with zero attached hydrogens (tertiary/aromatic N) is 1. The van der Waals surface area contributed by atoms with Crippen LogP contribution in [-0.4, -0.2) is 11.0 Å². The lowest BCUT2D eigenvalue weighted by molar-refractivity contribution is 0.255. The summed E-state index contributed by atoms with van der Waals surface area (Å²) in [6, 6.07) is 10.2. The lowest BCUT2D eigenvalue weighted by Crippen LogP contribution is -2.23. The van der Waals surface area contributed by atoms with E-state index in [-0.39, 0.29) is 5.15 Å². The van der Waals surface area contributed by atoms with E-state index in [1.54, 1.807) is 30.5 Å². The second kappa shape index (κ2) is 6.93. The maximum atomic E-state index is 11.6. The van der Waals surface area contributed by atoms with Gasteiger partial charge < -0.3 is 10.6 Å². The molecule has 0 aliphatic heterocycles. The van der Waals surface area contributed by atoms with Crippen LogP contribution < -0.4 is 10.6 Å². The van der Waals surface area contributed by atoms with Gasteiger partial charge in [-0.3, -0.25) is 0 Å². The number of pyridine rings is 1. The summed E-state index contributed by atoms with van der Waals surface area (Å²) in [5, 5.41) is 5.99. The number of urea groups is 1. The molecule has 0 atom stereocenters. The van der Waals surface area contributed by atoms with Crippen molar-refractivity contribution < 1.29 is 4.79 Å². The zero-order valence-corrected chi connectivity index (χ0v) is 11.8. The molecule has 0 unspecified atom stereocenters. The molecule has 0 saturated heterocycles. The van der Waals surface area contributed by atoms with Crippen molar-refractivity contribution in [2.45, 2.75) is 0 Å². The van der Waals surface area contributed by atoms with Crippen LogP contribution in [0.15, 0.2) is 48.8 Å². The molecular formula is C14H11Cl2N3O. The molecule has 0 aliphatic carbocycles. The molecule has 2 rings (SSSR count). The van der Waals surface area contributed by atoms with Gasteiger partial charge in [0.1, 0.15) is 0 Å². The van der Waals surface area contributed by atoms with E-state index >= 15 is 0 Å². The number of anilines is 1. The first-order chi connectivity index (χ1) is 9.66. The molecule has 2 aromatic rings. The number of halogens is 2. The molecule has 0 bridgehead atoms. The van der Waals surface area contributed by atoms with Gasteiger partial charge in [-0.2, -0.15) is 0 Å². The minimum atomic E-state index is -0.414. The molecule has 2 N–H and O–H groups in total. The predicted molar refractivity (Wildman–Crippen MR) is 81.9 cm³/mol. The summed E-state index contributed by atoms with van der Waals surface area (Å²) >= 11 is 11.8. The maximum absolute atomic E-state index is 11.6. The SMILES string of the molecule is O=C(N/C=C/c1ccccc1Cl)Nc1cccnc1Cl. The van der Waals surface area contributed by atoms with Crippen LogP contribution in [0.3, 0.4) is 0 Å². The van der Waals surface area contributed by atoms with Crippen molar-refractivity contribution in [3.05, 3.63) is 64.5 Å². The molecule has 1 heterocycles. The van der Waals surface area contributed by atoms with Gasteiger partial charge in [-0.1, -0.05) is 41.4 Å². The predicted octanol–water partition coefficient (Wildman–Crippen LogP) is 4.18. The third kappa shape index (κ3) is 3.98. The van der Waals surface area contributed by atoms with Gasteiger partial charge in [-0.15, -0.1) is 0 Å². The molecule has 0 radical (unpaired) electrons. The van der Waals surface area contributed by atoms with Crippen LogP contribution in [0.4, 0.5) is 10.5 Å². The Hall–Kier alpha value is -2.04. The van der Waals surface area contributed by atoms with Crippen molar-refractivity contribution in [2.24, 2.45) is 0 Å². The molecule has 2 amide bonds. The first-order valence-corrected chi connectivity index (χ1v) is 6.51. The summed E-state index contributed by atoms with van der Waals surface area (Å²) in [6.07, 6.45) is 4.75. The zero-order valence-electron chi connectivity index (χ0n) is 10.3. The highest BCUT2D eigenvalue weighted by molar-refractivity contribution is 6.32. The fraction of sp³-hybridized carbons (Fsp3) is 0. The molecule has 0 spiro atoms. The summed E-state index contributed by atoms with van der Waals surface area (Å²) < 4.78 is 0. The Balaban J connectivity index is 1.93. The average molecular weight is 308 g/mol. The van der Waals surface area contributed by atoms with E-state index in [2.05, 4.69) is 15.6 Å². The number of carbonyl (C=O) groups is 1. The number of amides is 2. The standard InChI is InChI=1S/C14H11Cl2N3O/c15-11-5-2-1-4-10(11)7-9-18-14(20)19-12-6-3-8-17-13(12)16/h1-9H,(H2,18,19,20)/b9-7+. The fourth-order valence-corrected chi connectivity index (χ4v) is 1.82. The molecular weight excluding hydrogens is 297 g/mol. The van der Waals surface area contributed by atoms with E-state index in [0.29, 0.717) is 10.7 Å². The third-order valence-corrected chi connectivity index (χ3v) is 3.04. The number of nitrogens with one attached hydrogen (secondary N) is 2. The van der Waals surface area contributed by atoms with Crippen LogP contribution >= 0.6 is 23.2 Å². The van der Waals surface area contributed by atoms with Gasteiger partial charge in [-0.25, -0.2) is 9.78 Å². The highest BCUT2D eigenvalue weighted by Crippen LogP contribution is 2.17. The Bertz CT molecular complexity index is 644. The lowest BCUT2D eigenvalue weighted by Gasteiger charge is -2.05. The van der Waals surface area contributed by atoms with Crippen LogP contribution in [0.2, 0.25) is 10.2 Å². The highest BCUT2D eigenvalue weighted by atomic mass is 35.5. The number of carbonyl (C=O) groups excluding carboxylic acids is 1. The molecule has 1 aromatic carbocycles. The number of benzene rings is 1. The van der Waals surface area contributed by atoms with Crippen LogP contribution in [0.1, 0.15) is 5.56 Å². The Morgan fingerprint density at radius 3 is 2.70 bits per heavy atom. The number of hydrogen-bond acceptors (Lipinski definition) is 2. The fourth-order valence-electron chi connectivity index (χ4n) is 1.46. The Labute approximate surface area is 126 Å². The zero-order chi connectivity index (χ0) is 14.4. The van der Waals surface area contributed by atoms with Gasteiger partial charge >= 0.3 is 6.03 Å². The van der Waals surface area contributed by atoms with Crippen molar-refractivity contribution in [3.8, 4) is 0 Å². The Kier molecular flexibility index (Phi) is 4.98. The second-order valence-corrected chi connectivity index (χ2v) is 4.56. The number of hydrogen-bond donors (Lipinski definition) is 2. The molecule has 0 fully saturated rings. The third-order valence-electron chi connectivity index (χ3n) is 2.39. The minimum Gasteiger partial charge on any atom is -0.314 e. The minimum absolute atomic E-state index is 0.234. The molecule has 4 nitrogen and oxygen atoms in total. The van der Waals surface area contributed by atoms with Gasteiger partial charge in [0.15, 0.2) is 5.15 Å². The van der Waals surface area contributed by atoms with Crippen molar-refractivity contribution >= 4 is 41.0 Å². The summed E-state index contributed by atoms with van der Waals surface area (Å²) in [4.78, 5) is 15.5. The summed E-state index contributed by atoms with van der Waals surface area (Å²) in [5.41, 5.74) is 1.26. The molecule has 0 aliphatic rings. The highest BCUT2D eigenvalue weighted by Gasteiger charge is 2.03. The summed E-state index contributed by atoms with van der Waals surface area (Å²) in [6.45, 7) is 0. The van der Waals surface area contributed by atoms with E-state index in [1.165, 1.54) is 6.20 Å². The van der Waals surface area contributed by atoms with E-state index in [1.807, 2.05) is 18.2 Å². The van der Waals surface area contributed by atoms with E-state index in [0.717, 1.165) is 5.56 Å². The first-order valence-electron chi connectivity index (χ1n) is 5.76. The van der Waals surface area contributed by atoms with Gasteiger partial charge in [0.05, 0.1) is 5.69 Å². The quantitative estimate of drug-likeness (QED) is 0.836. The van der Waals surface area contributed by atoms with Crippen LogP contribution in [0, 0.1) is 0 Å². The van der Waals surface area contributed by atoms with Crippen LogP contribution in [-0.2, 0) is 0 Å². The molecule has 1 aromatic heterocycles. The summed E-state index contributed by atoms with van der Waals surface area (Å²) in [5.74, 6) is 0. The normalized spacial score (nSPS) is 10.5. The second-order valence-electron chi connectivity index (χ2n) is 3.80. The van der Waals surface area contributed by atoms with Crippen molar-refractivity contribution in [2.75, 3.05) is 5.32 Å². The molecule has 102 valence electrons. The van der Waals surface area contributed by atoms with Crippen LogP contribution in [0.5, 0.6) is 0 Å². The molecule has 6 heteroatoms. The Morgan fingerprint density at radius 1 is 1.15 bits per heavy atom. The van der Waals surface area contributed by atoms with E-state index in [9.17, 15) is 4.79 Å². The molecule has 0 saturated carbocycles. The number of aromatic nitrogens is 1. The van der Waals surface area contributed by atoms with Crippen molar-refractivity contribution in [3.63, 3.8) is 0 Å². The van der Waals surface area contributed by atoms with Gasteiger partial charge in [-0.05, 0) is 29.8 Å². The van der Waals surface area contributed by atoms with Crippen molar-refractivity contribution in [1.82, 2.24) is 10.3 Å². The molecule has 20 heavy (non-hydrogen) atoms. The number of rotatable bonds is 3. The monoisotopic (exact) mass is 307 g/mol. The van der Waals surface area contributed by atoms with E-state index in [4.69, 9.17) is 23.2 Å². The van der Waals surface area contributed by atoms with Crippen molar-refractivity contribution in [1.29, 1.82) is 0 Å². The van der Waals surface area contributed by atoms with Gasteiger partial charge in [0.25, 0.3) is 0 Å².